The van der Waals surface area contributed by atoms with E-state index in [-0.39, 0.29) is 6.10 Å². The van der Waals surface area contributed by atoms with Gasteiger partial charge in [0.05, 0.1) is 10.9 Å². The van der Waals surface area contributed by atoms with Crippen LogP contribution in [0.1, 0.15) is 52.4 Å². The molecule has 0 radical (unpaired) electrons. The molecule has 0 aromatic rings. The maximum atomic E-state index is 11.7. The van der Waals surface area contributed by atoms with Gasteiger partial charge in [-0.15, -0.1) is 0 Å². The van der Waals surface area contributed by atoms with Crippen LogP contribution in [0.2, 0.25) is 0 Å². The number of nitrogens with zero attached hydrogens (tertiary/aromatic N) is 1. The number of hydrogen-bond acceptors (Lipinski definition) is 5. The lowest BCUT2D eigenvalue weighted by atomic mass is 9.89. The predicted octanol–water partition coefficient (Wildman–Crippen LogP) is 1.17. The van der Waals surface area contributed by atoms with E-state index in [0.717, 1.165) is 45.2 Å². The molecule has 1 aliphatic carbocycles. The van der Waals surface area contributed by atoms with Crippen molar-refractivity contribution >= 4 is 9.84 Å². The summed E-state index contributed by atoms with van der Waals surface area (Å²) in [6.45, 7) is 6.06. The van der Waals surface area contributed by atoms with Crippen molar-refractivity contribution in [2.24, 2.45) is 0 Å². The molecule has 2 N–H and O–H groups in total. The average molecular weight is 333 g/mol. The Kier molecular flexibility index (Phi) is 5.91. The minimum atomic E-state index is -3.04. The van der Waals surface area contributed by atoms with Crippen LogP contribution in [-0.4, -0.2) is 67.2 Å². The van der Waals surface area contributed by atoms with Crippen LogP contribution in [0.5, 0.6) is 0 Å². The quantitative estimate of drug-likeness (QED) is 0.791. The van der Waals surface area contributed by atoms with Crippen LogP contribution in [0.25, 0.3) is 0 Å². The van der Waals surface area contributed by atoms with Crippen LogP contribution in [0, 0.1) is 0 Å². The first-order valence-corrected chi connectivity index (χ1v) is 10.4. The Morgan fingerprint density at radius 2 is 1.73 bits per heavy atom. The molecule has 1 saturated carbocycles. The van der Waals surface area contributed by atoms with E-state index in [9.17, 15) is 13.5 Å². The molecule has 130 valence electrons. The zero-order chi connectivity index (χ0) is 16.4. The van der Waals surface area contributed by atoms with Gasteiger partial charge >= 0.3 is 0 Å². The maximum absolute atomic E-state index is 11.7. The zero-order valence-electron chi connectivity index (χ0n) is 14.2. The maximum Gasteiger partial charge on any atom is 0.153 e. The minimum Gasteiger partial charge on any atom is -0.391 e. The Labute approximate surface area is 135 Å². The third-order valence-electron chi connectivity index (χ3n) is 5.51. The van der Waals surface area contributed by atoms with Gasteiger partial charge in [-0.3, -0.25) is 4.90 Å². The largest absolute Gasteiger partial charge is 0.391 e. The van der Waals surface area contributed by atoms with Gasteiger partial charge in [-0.1, -0.05) is 12.8 Å². The predicted molar refractivity (Wildman–Crippen MR) is 89.8 cm³/mol. The third-order valence-corrected chi connectivity index (χ3v) is 7.66. The molecule has 0 aromatic heterocycles. The van der Waals surface area contributed by atoms with Crippen molar-refractivity contribution in [1.29, 1.82) is 0 Å². The van der Waals surface area contributed by atoms with E-state index in [2.05, 4.69) is 10.2 Å². The molecule has 6 heteroatoms. The molecule has 2 aliphatic rings. The first-order chi connectivity index (χ1) is 10.2. The van der Waals surface area contributed by atoms with Gasteiger partial charge in [-0.2, -0.15) is 0 Å². The Morgan fingerprint density at radius 3 is 2.27 bits per heavy atom. The molecule has 1 aliphatic heterocycles. The third kappa shape index (κ3) is 4.43. The number of piperidine rings is 1. The summed E-state index contributed by atoms with van der Waals surface area (Å²) >= 11 is 0. The molecule has 0 amide bonds. The zero-order valence-corrected chi connectivity index (χ0v) is 15.0. The number of nitrogens with one attached hydrogen (secondary N) is 1. The second-order valence-corrected chi connectivity index (χ2v) is 10.3. The fourth-order valence-electron chi connectivity index (χ4n) is 3.47. The van der Waals surface area contributed by atoms with Gasteiger partial charge in [-0.25, -0.2) is 8.42 Å². The summed E-state index contributed by atoms with van der Waals surface area (Å²) in [7, 11) is -3.04. The van der Waals surface area contributed by atoms with E-state index >= 15 is 0 Å². The monoisotopic (exact) mass is 332 g/mol. The fourth-order valence-corrected chi connectivity index (χ4v) is 3.82. The lowest BCUT2D eigenvalue weighted by Crippen LogP contribution is -2.53. The van der Waals surface area contributed by atoms with Gasteiger partial charge in [-0.05, 0) is 39.5 Å². The van der Waals surface area contributed by atoms with Gasteiger partial charge in [0.1, 0.15) is 0 Å². The molecule has 0 bridgehead atoms. The van der Waals surface area contributed by atoms with Crippen molar-refractivity contribution in [3.05, 3.63) is 0 Å². The number of hydrogen-bond donors (Lipinski definition) is 2. The van der Waals surface area contributed by atoms with Crippen molar-refractivity contribution in [2.45, 2.75) is 75.3 Å². The van der Waals surface area contributed by atoms with E-state index in [0.29, 0.717) is 18.6 Å². The first kappa shape index (κ1) is 18.2. The smallest absolute Gasteiger partial charge is 0.153 e. The summed E-state index contributed by atoms with van der Waals surface area (Å²) in [6, 6.07) is 0.722. The van der Waals surface area contributed by atoms with Crippen LogP contribution in [-0.2, 0) is 9.84 Å². The summed E-state index contributed by atoms with van der Waals surface area (Å²) in [5, 5.41) is 13.6. The van der Waals surface area contributed by atoms with Gasteiger partial charge in [0, 0.05) is 38.0 Å². The van der Waals surface area contributed by atoms with Crippen LogP contribution in [0.3, 0.4) is 0 Å². The normalized spacial score (nSPS) is 29.6. The molecule has 2 rings (SSSR count). The van der Waals surface area contributed by atoms with Crippen molar-refractivity contribution < 1.29 is 13.5 Å². The van der Waals surface area contributed by atoms with Crippen LogP contribution < -0.4 is 5.32 Å². The van der Waals surface area contributed by atoms with E-state index in [1.807, 2.05) is 0 Å². The number of rotatable bonds is 5. The standard InChI is InChI=1S/C16H32N2O3S/c1-16(2,22(3,20)21)12-17-13-8-10-18(11-9-13)14-6-4-5-7-15(14)19/h13-15,17,19H,4-12H2,1-3H3. The molecule has 0 spiro atoms. The molecule has 5 nitrogen and oxygen atoms in total. The fraction of sp³-hybridized carbons (Fsp3) is 1.00. The van der Waals surface area contributed by atoms with Crippen molar-refractivity contribution in [3.8, 4) is 0 Å². The van der Waals surface area contributed by atoms with Gasteiger partial charge in [0.25, 0.3) is 0 Å². The number of sulfone groups is 1. The average Bonchev–Trinajstić information content (AvgIpc) is 2.45. The highest BCUT2D eigenvalue weighted by Gasteiger charge is 2.33. The van der Waals surface area contributed by atoms with Crippen molar-refractivity contribution in [3.63, 3.8) is 0 Å². The topological polar surface area (TPSA) is 69.6 Å². The van der Waals surface area contributed by atoms with E-state index in [4.69, 9.17) is 0 Å². The number of likely N-dealkylation sites (tertiary alicyclic amines) is 1. The lowest BCUT2D eigenvalue weighted by Gasteiger charge is -2.42. The van der Waals surface area contributed by atoms with Gasteiger partial charge in [0.2, 0.25) is 0 Å². The Morgan fingerprint density at radius 1 is 1.14 bits per heavy atom. The minimum absolute atomic E-state index is 0.164. The lowest BCUT2D eigenvalue weighted by molar-refractivity contribution is 0.00716. The molecular weight excluding hydrogens is 300 g/mol. The van der Waals surface area contributed by atoms with Gasteiger partial charge in [0.15, 0.2) is 9.84 Å². The SMILES string of the molecule is CC(C)(CNC1CCN(C2CCCCC2O)CC1)S(C)(=O)=O. The van der Waals surface area contributed by atoms with Crippen LogP contribution >= 0.6 is 0 Å². The molecule has 2 atom stereocenters. The number of aliphatic hydroxyl groups excluding tert-OH is 1. The summed E-state index contributed by atoms with van der Waals surface area (Å²) < 4.78 is 22.8. The molecule has 0 aromatic carbocycles. The summed E-state index contributed by atoms with van der Waals surface area (Å²) in [4.78, 5) is 2.43. The van der Waals surface area contributed by atoms with E-state index in [1.54, 1.807) is 13.8 Å². The highest BCUT2D eigenvalue weighted by atomic mass is 32.2. The van der Waals surface area contributed by atoms with Crippen LogP contribution in [0.15, 0.2) is 0 Å². The molecular formula is C16H32N2O3S. The van der Waals surface area contributed by atoms with Crippen LogP contribution in [0.4, 0.5) is 0 Å². The molecule has 1 saturated heterocycles. The molecule has 22 heavy (non-hydrogen) atoms. The Hall–Kier alpha value is -0.170. The molecule has 2 fully saturated rings. The van der Waals surface area contributed by atoms with Crippen molar-refractivity contribution in [1.82, 2.24) is 10.2 Å². The summed E-state index contributed by atoms with van der Waals surface area (Å²) in [6.07, 6.45) is 7.63. The second kappa shape index (κ2) is 7.16. The highest BCUT2D eigenvalue weighted by molar-refractivity contribution is 7.92. The number of aliphatic hydroxyl groups is 1. The summed E-state index contributed by atoms with van der Waals surface area (Å²) in [5.74, 6) is 0. The Balaban J connectivity index is 1.78. The van der Waals surface area contributed by atoms with Crippen molar-refractivity contribution in [2.75, 3.05) is 25.9 Å². The highest BCUT2D eigenvalue weighted by Crippen LogP contribution is 2.26. The van der Waals surface area contributed by atoms with Gasteiger partial charge < -0.3 is 10.4 Å². The Bertz CT molecular complexity index is 456. The molecule has 2 unspecified atom stereocenters. The second-order valence-electron chi connectivity index (χ2n) is 7.64. The van der Waals surface area contributed by atoms with E-state index in [1.165, 1.54) is 12.7 Å². The first-order valence-electron chi connectivity index (χ1n) is 8.56. The van der Waals surface area contributed by atoms with E-state index < -0.39 is 14.6 Å². The molecule has 1 heterocycles. The summed E-state index contributed by atoms with van der Waals surface area (Å²) in [5.41, 5.74) is 0.